The highest BCUT2D eigenvalue weighted by Crippen LogP contribution is 2.49. The summed E-state index contributed by atoms with van der Waals surface area (Å²) in [7, 11) is 0. The topological polar surface area (TPSA) is 28.1 Å². The van der Waals surface area contributed by atoms with Gasteiger partial charge in [-0.1, -0.05) is 55.5 Å². The number of rotatable bonds is 3. The van der Waals surface area contributed by atoms with E-state index in [9.17, 15) is 0 Å². The highest BCUT2D eigenvalue weighted by molar-refractivity contribution is 6.01. The third-order valence-corrected chi connectivity index (χ3v) is 6.19. The number of likely N-dealkylation sites (tertiary alicyclic amines) is 1. The van der Waals surface area contributed by atoms with Crippen LogP contribution < -0.4 is 4.74 Å². The van der Waals surface area contributed by atoms with Gasteiger partial charge in [0.2, 0.25) is 5.72 Å². The SMILES string of the molecule is CCCN1CCC2(CC1)Oc1ccccc1[C@H]1CC(c3ccccc3)=NN12. The molecule has 4 heteroatoms. The molecule has 3 heterocycles. The Morgan fingerprint density at radius 2 is 1.78 bits per heavy atom. The first-order valence-electron chi connectivity index (χ1n) is 10.2. The van der Waals surface area contributed by atoms with Crippen molar-refractivity contribution >= 4 is 5.71 Å². The summed E-state index contributed by atoms with van der Waals surface area (Å²) in [6.45, 7) is 5.59. The van der Waals surface area contributed by atoms with Crippen LogP contribution in [0.5, 0.6) is 5.75 Å². The fourth-order valence-corrected chi connectivity index (χ4v) is 4.81. The molecule has 140 valence electrons. The number of para-hydroxylation sites is 1. The lowest BCUT2D eigenvalue weighted by molar-refractivity contribution is -0.149. The summed E-state index contributed by atoms with van der Waals surface area (Å²) in [5.74, 6) is 1.05. The Morgan fingerprint density at radius 3 is 2.56 bits per heavy atom. The highest BCUT2D eigenvalue weighted by Gasteiger charge is 2.51. The van der Waals surface area contributed by atoms with E-state index in [-0.39, 0.29) is 11.8 Å². The molecule has 3 aliphatic rings. The summed E-state index contributed by atoms with van der Waals surface area (Å²) in [4.78, 5) is 2.56. The molecule has 0 aliphatic carbocycles. The van der Waals surface area contributed by atoms with E-state index in [1.165, 1.54) is 29.8 Å². The molecular weight excluding hydrogens is 334 g/mol. The largest absolute Gasteiger partial charge is 0.466 e. The number of hydrazone groups is 1. The van der Waals surface area contributed by atoms with Crippen molar-refractivity contribution in [3.8, 4) is 5.75 Å². The molecule has 2 aromatic rings. The first-order valence-corrected chi connectivity index (χ1v) is 10.2. The lowest BCUT2D eigenvalue weighted by Crippen LogP contribution is -2.59. The molecule has 2 aromatic carbocycles. The van der Waals surface area contributed by atoms with Crippen molar-refractivity contribution in [1.29, 1.82) is 0 Å². The molecule has 1 spiro atoms. The van der Waals surface area contributed by atoms with Gasteiger partial charge in [0, 0.05) is 37.9 Å². The van der Waals surface area contributed by atoms with Gasteiger partial charge in [0.15, 0.2) is 0 Å². The molecule has 0 saturated carbocycles. The smallest absolute Gasteiger partial charge is 0.200 e. The van der Waals surface area contributed by atoms with Crippen LogP contribution in [0.4, 0.5) is 0 Å². The summed E-state index contributed by atoms with van der Waals surface area (Å²) in [5.41, 5.74) is 3.37. The Hall–Kier alpha value is -2.33. The van der Waals surface area contributed by atoms with Crippen molar-refractivity contribution < 1.29 is 4.74 Å². The first-order chi connectivity index (χ1) is 13.3. The third kappa shape index (κ3) is 2.83. The average molecular weight is 361 g/mol. The van der Waals surface area contributed by atoms with E-state index in [0.717, 1.165) is 38.1 Å². The fourth-order valence-electron chi connectivity index (χ4n) is 4.81. The Balaban J connectivity index is 1.51. The van der Waals surface area contributed by atoms with Crippen LogP contribution in [0.1, 0.15) is 49.8 Å². The van der Waals surface area contributed by atoms with Crippen LogP contribution in [0.2, 0.25) is 0 Å². The van der Waals surface area contributed by atoms with Crippen molar-refractivity contribution in [2.45, 2.75) is 44.4 Å². The van der Waals surface area contributed by atoms with Gasteiger partial charge >= 0.3 is 0 Å². The van der Waals surface area contributed by atoms with E-state index in [0.29, 0.717) is 0 Å². The van der Waals surface area contributed by atoms with Crippen LogP contribution >= 0.6 is 0 Å². The molecule has 0 N–H and O–H groups in total. The highest BCUT2D eigenvalue weighted by atomic mass is 16.5. The van der Waals surface area contributed by atoms with Crippen LogP contribution in [0.15, 0.2) is 59.7 Å². The van der Waals surface area contributed by atoms with E-state index in [2.05, 4.69) is 71.4 Å². The molecule has 3 aliphatic heterocycles. The standard InChI is InChI=1S/C23H27N3O/c1-2-14-25-15-12-23(13-16-25)26-21(19-10-6-7-11-22(19)27-23)17-20(24-26)18-8-4-3-5-9-18/h3-11,21H,2,12-17H2,1H3/t21-/m1/s1. The summed E-state index contributed by atoms with van der Waals surface area (Å²) >= 11 is 0. The molecule has 1 fully saturated rings. The maximum Gasteiger partial charge on any atom is 0.200 e. The number of ether oxygens (including phenoxy) is 1. The number of fused-ring (bicyclic) bond motifs is 4. The maximum atomic E-state index is 6.68. The van der Waals surface area contributed by atoms with Gasteiger partial charge in [-0.2, -0.15) is 5.10 Å². The molecule has 5 rings (SSSR count). The van der Waals surface area contributed by atoms with Crippen LogP contribution in [-0.2, 0) is 0 Å². The molecular formula is C23H27N3O. The van der Waals surface area contributed by atoms with Gasteiger partial charge in [0.05, 0.1) is 11.8 Å². The van der Waals surface area contributed by atoms with Crippen LogP contribution in [-0.4, -0.2) is 41.0 Å². The predicted molar refractivity (Wildman–Crippen MR) is 108 cm³/mol. The Bertz CT molecular complexity index is 840. The summed E-state index contributed by atoms with van der Waals surface area (Å²) in [6.07, 6.45) is 4.16. The van der Waals surface area contributed by atoms with Crippen molar-refractivity contribution in [3.63, 3.8) is 0 Å². The summed E-state index contributed by atoms with van der Waals surface area (Å²) in [5, 5.41) is 7.44. The second-order valence-corrected chi connectivity index (χ2v) is 7.90. The second-order valence-electron chi connectivity index (χ2n) is 7.90. The van der Waals surface area contributed by atoms with E-state index in [4.69, 9.17) is 9.84 Å². The summed E-state index contributed by atoms with van der Waals surface area (Å²) in [6, 6.07) is 19.4. The molecule has 4 nitrogen and oxygen atoms in total. The molecule has 1 saturated heterocycles. The predicted octanol–water partition coefficient (Wildman–Crippen LogP) is 4.43. The normalized spacial score (nSPS) is 23.5. The molecule has 1 atom stereocenters. The molecule has 0 unspecified atom stereocenters. The van der Waals surface area contributed by atoms with Gasteiger partial charge in [-0.15, -0.1) is 0 Å². The minimum Gasteiger partial charge on any atom is -0.466 e. The van der Waals surface area contributed by atoms with Gasteiger partial charge in [0.1, 0.15) is 5.75 Å². The van der Waals surface area contributed by atoms with Gasteiger partial charge < -0.3 is 9.64 Å². The van der Waals surface area contributed by atoms with E-state index in [1.807, 2.05) is 0 Å². The van der Waals surface area contributed by atoms with Crippen molar-refractivity contribution in [3.05, 3.63) is 65.7 Å². The second kappa shape index (κ2) is 6.68. The van der Waals surface area contributed by atoms with Gasteiger partial charge in [0.25, 0.3) is 0 Å². The van der Waals surface area contributed by atoms with E-state index >= 15 is 0 Å². The number of hydrogen-bond donors (Lipinski definition) is 0. The van der Waals surface area contributed by atoms with Crippen molar-refractivity contribution in [2.24, 2.45) is 5.10 Å². The molecule has 0 amide bonds. The Morgan fingerprint density at radius 1 is 1.04 bits per heavy atom. The number of piperidine rings is 1. The average Bonchev–Trinajstić information content (AvgIpc) is 3.18. The van der Waals surface area contributed by atoms with Gasteiger partial charge in [-0.25, -0.2) is 5.01 Å². The Kier molecular flexibility index (Phi) is 4.16. The zero-order valence-corrected chi connectivity index (χ0v) is 16.0. The maximum absolute atomic E-state index is 6.68. The zero-order chi connectivity index (χ0) is 18.3. The quantitative estimate of drug-likeness (QED) is 0.809. The Labute approximate surface area is 161 Å². The fraction of sp³-hybridized carbons (Fsp3) is 0.435. The van der Waals surface area contributed by atoms with Gasteiger partial charge in [-0.3, -0.25) is 0 Å². The zero-order valence-electron chi connectivity index (χ0n) is 16.0. The van der Waals surface area contributed by atoms with Crippen molar-refractivity contribution in [2.75, 3.05) is 19.6 Å². The monoisotopic (exact) mass is 361 g/mol. The number of nitrogens with zero attached hydrogens (tertiary/aromatic N) is 3. The first kappa shape index (κ1) is 16.8. The molecule has 0 aromatic heterocycles. The van der Waals surface area contributed by atoms with Crippen molar-refractivity contribution in [1.82, 2.24) is 9.91 Å². The molecule has 0 radical (unpaired) electrons. The van der Waals surface area contributed by atoms with Gasteiger partial charge in [-0.05, 0) is 24.6 Å². The molecule has 0 bridgehead atoms. The van der Waals surface area contributed by atoms with Crippen LogP contribution in [0.25, 0.3) is 0 Å². The minimum atomic E-state index is -0.306. The lowest BCUT2D eigenvalue weighted by Gasteiger charge is -2.51. The summed E-state index contributed by atoms with van der Waals surface area (Å²) < 4.78 is 6.68. The van der Waals surface area contributed by atoms with E-state index < -0.39 is 0 Å². The number of hydrogen-bond acceptors (Lipinski definition) is 4. The third-order valence-electron chi connectivity index (χ3n) is 6.19. The van der Waals surface area contributed by atoms with Crippen LogP contribution in [0.3, 0.4) is 0 Å². The minimum absolute atomic E-state index is 0.280. The molecule has 27 heavy (non-hydrogen) atoms. The number of benzene rings is 2. The van der Waals surface area contributed by atoms with E-state index in [1.54, 1.807) is 0 Å². The lowest BCUT2D eigenvalue weighted by atomic mass is 9.90. The van der Waals surface area contributed by atoms with Crippen LogP contribution in [0, 0.1) is 0 Å².